The van der Waals surface area contributed by atoms with Crippen LogP contribution in [0.2, 0.25) is 0 Å². The summed E-state index contributed by atoms with van der Waals surface area (Å²) in [4.78, 5) is 0. The van der Waals surface area contributed by atoms with Crippen LogP contribution in [0, 0.1) is 5.92 Å². The number of hydrogen-bond donors (Lipinski definition) is 1. The van der Waals surface area contributed by atoms with Crippen molar-refractivity contribution in [3.63, 3.8) is 0 Å². The molecule has 3 rings (SSSR count). The van der Waals surface area contributed by atoms with Gasteiger partial charge < -0.3 is 5.32 Å². The summed E-state index contributed by atoms with van der Waals surface area (Å²) < 4.78 is 0. The number of hydrogen-bond acceptors (Lipinski definition) is 1. The highest BCUT2D eigenvalue weighted by Crippen LogP contribution is 2.34. The van der Waals surface area contributed by atoms with Crippen LogP contribution in [0.5, 0.6) is 0 Å². The summed E-state index contributed by atoms with van der Waals surface area (Å²) in [5.41, 5.74) is 4.19. The largest absolute Gasteiger partial charge is 0.381 e. The molecule has 0 bridgehead atoms. The van der Waals surface area contributed by atoms with Crippen LogP contribution >= 0.6 is 0 Å². The first-order valence-electron chi connectivity index (χ1n) is 7.15. The molecule has 19 heavy (non-hydrogen) atoms. The van der Waals surface area contributed by atoms with Crippen LogP contribution in [0.15, 0.2) is 54.6 Å². The Balaban J connectivity index is 1.87. The Kier molecular flexibility index (Phi) is 3.29. The van der Waals surface area contributed by atoms with Crippen molar-refractivity contribution in [3.8, 4) is 0 Å². The number of anilines is 1. The molecular formula is C18H21N. The van der Waals surface area contributed by atoms with Gasteiger partial charge in [-0.1, -0.05) is 62.4 Å². The van der Waals surface area contributed by atoms with Gasteiger partial charge in [-0.25, -0.2) is 0 Å². The lowest BCUT2D eigenvalue weighted by Gasteiger charge is -2.36. The number of benzene rings is 2. The van der Waals surface area contributed by atoms with Crippen molar-refractivity contribution < 1.29 is 0 Å². The fourth-order valence-electron chi connectivity index (χ4n) is 3.22. The highest BCUT2D eigenvalue weighted by atomic mass is 14.9. The zero-order chi connectivity index (χ0) is 13.2. The average Bonchev–Trinajstić information content (AvgIpc) is 2.47. The number of para-hydroxylation sites is 1. The van der Waals surface area contributed by atoms with E-state index in [-0.39, 0.29) is 0 Å². The zero-order valence-electron chi connectivity index (χ0n) is 11.6. The van der Waals surface area contributed by atoms with Gasteiger partial charge in [-0.05, 0) is 29.5 Å². The van der Waals surface area contributed by atoms with Gasteiger partial charge >= 0.3 is 0 Å². The lowest BCUT2D eigenvalue weighted by atomic mass is 9.80. The standard InChI is InChI=1S/C18H21N/c1-13-12-16-10-6-7-11-17(16)19-18(13)14(2)15-8-4-3-5-9-15/h3-11,13-14,18-19H,12H2,1-2H3/t13-,14?,18+/m0/s1. The third-order valence-corrected chi connectivity index (χ3v) is 4.36. The third-order valence-electron chi connectivity index (χ3n) is 4.36. The van der Waals surface area contributed by atoms with E-state index in [2.05, 4.69) is 73.8 Å². The van der Waals surface area contributed by atoms with Crippen molar-refractivity contribution >= 4 is 5.69 Å². The lowest BCUT2D eigenvalue weighted by Crippen LogP contribution is -2.37. The maximum Gasteiger partial charge on any atom is 0.0375 e. The normalized spacial score (nSPS) is 23.3. The smallest absolute Gasteiger partial charge is 0.0375 e. The van der Waals surface area contributed by atoms with Crippen molar-refractivity contribution in [3.05, 3.63) is 65.7 Å². The predicted octanol–water partition coefficient (Wildman–Crippen LogP) is 4.46. The molecule has 0 amide bonds. The molecule has 1 unspecified atom stereocenters. The SMILES string of the molecule is CC(c1ccccc1)[C@@H]1Nc2ccccc2C[C@@H]1C. The molecule has 0 radical (unpaired) electrons. The van der Waals surface area contributed by atoms with E-state index in [9.17, 15) is 0 Å². The van der Waals surface area contributed by atoms with Crippen molar-refractivity contribution in [2.24, 2.45) is 5.92 Å². The first kappa shape index (κ1) is 12.3. The fourth-order valence-corrected chi connectivity index (χ4v) is 3.22. The summed E-state index contributed by atoms with van der Waals surface area (Å²) in [6, 6.07) is 20.0. The summed E-state index contributed by atoms with van der Waals surface area (Å²) in [6.45, 7) is 4.69. The second-order valence-electron chi connectivity index (χ2n) is 5.71. The highest BCUT2D eigenvalue weighted by molar-refractivity contribution is 5.54. The van der Waals surface area contributed by atoms with Crippen LogP contribution in [0.25, 0.3) is 0 Å². The van der Waals surface area contributed by atoms with E-state index in [4.69, 9.17) is 0 Å². The van der Waals surface area contributed by atoms with Crippen LogP contribution < -0.4 is 5.32 Å². The van der Waals surface area contributed by atoms with Gasteiger partial charge in [0, 0.05) is 17.6 Å². The molecule has 0 spiro atoms. The topological polar surface area (TPSA) is 12.0 Å². The van der Waals surface area contributed by atoms with Crippen molar-refractivity contribution in [2.75, 3.05) is 5.32 Å². The Morgan fingerprint density at radius 1 is 1.00 bits per heavy atom. The van der Waals surface area contributed by atoms with Crippen LogP contribution in [0.3, 0.4) is 0 Å². The Bertz CT molecular complexity index is 547. The van der Waals surface area contributed by atoms with E-state index in [1.807, 2.05) is 0 Å². The number of fused-ring (bicyclic) bond motifs is 1. The molecule has 1 N–H and O–H groups in total. The van der Waals surface area contributed by atoms with Crippen LogP contribution in [-0.2, 0) is 6.42 Å². The second-order valence-corrected chi connectivity index (χ2v) is 5.71. The Hall–Kier alpha value is -1.76. The summed E-state index contributed by atoms with van der Waals surface area (Å²) in [5.74, 6) is 1.19. The van der Waals surface area contributed by atoms with Gasteiger partial charge in [0.2, 0.25) is 0 Å². The van der Waals surface area contributed by atoms with E-state index in [0.717, 1.165) is 0 Å². The fraction of sp³-hybridized carbons (Fsp3) is 0.333. The van der Waals surface area contributed by atoms with E-state index < -0.39 is 0 Å². The van der Waals surface area contributed by atoms with Crippen molar-refractivity contribution in [2.45, 2.75) is 32.2 Å². The van der Waals surface area contributed by atoms with Crippen LogP contribution in [0.1, 0.15) is 30.9 Å². The van der Waals surface area contributed by atoms with Gasteiger partial charge in [0.1, 0.15) is 0 Å². The van der Waals surface area contributed by atoms with Crippen LogP contribution in [0.4, 0.5) is 5.69 Å². The Labute approximate surface area is 115 Å². The third kappa shape index (κ3) is 2.37. The lowest BCUT2D eigenvalue weighted by molar-refractivity contribution is 0.416. The van der Waals surface area contributed by atoms with Crippen LogP contribution in [-0.4, -0.2) is 6.04 Å². The molecule has 2 aromatic carbocycles. The Morgan fingerprint density at radius 3 is 2.47 bits per heavy atom. The summed E-state index contributed by atoms with van der Waals surface area (Å²) in [6.07, 6.45) is 1.17. The van der Waals surface area contributed by atoms with Gasteiger partial charge in [0.15, 0.2) is 0 Å². The minimum atomic E-state index is 0.511. The summed E-state index contributed by atoms with van der Waals surface area (Å²) in [7, 11) is 0. The summed E-state index contributed by atoms with van der Waals surface area (Å²) in [5, 5.41) is 3.74. The molecule has 0 saturated carbocycles. The number of nitrogens with one attached hydrogen (secondary N) is 1. The summed E-state index contributed by atoms with van der Waals surface area (Å²) >= 11 is 0. The van der Waals surface area contributed by atoms with Gasteiger partial charge in [0.25, 0.3) is 0 Å². The molecule has 1 heteroatoms. The zero-order valence-corrected chi connectivity index (χ0v) is 11.6. The van der Waals surface area contributed by atoms with E-state index >= 15 is 0 Å². The average molecular weight is 251 g/mol. The van der Waals surface area contributed by atoms with Gasteiger partial charge in [-0.2, -0.15) is 0 Å². The van der Waals surface area contributed by atoms with Gasteiger partial charge in [0.05, 0.1) is 0 Å². The minimum Gasteiger partial charge on any atom is -0.381 e. The maximum absolute atomic E-state index is 3.74. The van der Waals surface area contributed by atoms with E-state index in [1.54, 1.807) is 0 Å². The minimum absolute atomic E-state index is 0.511. The molecule has 1 aliphatic heterocycles. The molecule has 1 aliphatic rings. The molecule has 0 aromatic heterocycles. The monoisotopic (exact) mass is 251 g/mol. The molecule has 98 valence electrons. The first-order chi connectivity index (χ1) is 9.25. The molecule has 1 heterocycles. The molecule has 3 atom stereocenters. The van der Waals surface area contributed by atoms with E-state index in [1.165, 1.54) is 23.2 Å². The molecule has 0 aliphatic carbocycles. The maximum atomic E-state index is 3.74. The highest BCUT2D eigenvalue weighted by Gasteiger charge is 2.29. The van der Waals surface area contributed by atoms with Crippen molar-refractivity contribution in [1.29, 1.82) is 0 Å². The van der Waals surface area contributed by atoms with Gasteiger partial charge in [-0.15, -0.1) is 0 Å². The molecule has 1 nitrogen and oxygen atoms in total. The molecule has 0 saturated heterocycles. The first-order valence-corrected chi connectivity index (χ1v) is 7.15. The quantitative estimate of drug-likeness (QED) is 0.830. The van der Waals surface area contributed by atoms with E-state index in [0.29, 0.717) is 17.9 Å². The van der Waals surface area contributed by atoms with Gasteiger partial charge in [-0.3, -0.25) is 0 Å². The molecule has 0 fully saturated rings. The Morgan fingerprint density at radius 2 is 1.68 bits per heavy atom. The molecule has 2 aromatic rings. The van der Waals surface area contributed by atoms with Crippen molar-refractivity contribution in [1.82, 2.24) is 0 Å². The predicted molar refractivity (Wildman–Crippen MR) is 81.6 cm³/mol. The number of rotatable bonds is 2. The second kappa shape index (κ2) is 5.08. The molecular weight excluding hydrogens is 230 g/mol.